The number of hydrogen-bond donors (Lipinski definition) is 1. The smallest absolute Gasteiger partial charge is 0.216 e. The largest absolute Gasteiger partial charge is 0.481 e. The van der Waals surface area contributed by atoms with Crippen LogP contribution >= 0.6 is 0 Å². The number of rotatable bonds is 5. The third-order valence-electron chi connectivity index (χ3n) is 4.67. The van der Waals surface area contributed by atoms with Crippen LogP contribution in [0.5, 0.6) is 5.88 Å². The quantitative estimate of drug-likeness (QED) is 0.475. The number of hydrogen-bond acceptors (Lipinski definition) is 8. The molecule has 11 nitrogen and oxygen atoms in total. The van der Waals surface area contributed by atoms with Crippen LogP contribution in [0.2, 0.25) is 0 Å². The highest BCUT2D eigenvalue weighted by Gasteiger charge is 2.15. The SMILES string of the molecule is COc1ccnc(-c2cc(Nc3cc(-n4ccnc4)c4cnn(C)c4n3)n(C)n2)n1. The van der Waals surface area contributed by atoms with E-state index in [2.05, 4.69) is 30.5 Å². The van der Waals surface area contributed by atoms with Crippen LogP contribution in [0.3, 0.4) is 0 Å². The van der Waals surface area contributed by atoms with Crippen molar-refractivity contribution in [3.63, 3.8) is 0 Å². The van der Waals surface area contributed by atoms with Crippen molar-refractivity contribution in [2.75, 3.05) is 12.4 Å². The maximum Gasteiger partial charge on any atom is 0.216 e. The molecule has 0 spiro atoms. The summed E-state index contributed by atoms with van der Waals surface area (Å²) in [5, 5.41) is 13.1. The molecule has 5 aromatic rings. The van der Waals surface area contributed by atoms with Gasteiger partial charge in [-0.15, -0.1) is 0 Å². The summed E-state index contributed by atoms with van der Waals surface area (Å²) in [6, 6.07) is 5.50. The summed E-state index contributed by atoms with van der Waals surface area (Å²) in [5.41, 5.74) is 2.30. The lowest BCUT2D eigenvalue weighted by atomic mass is 10.2. The highest BCUT2D eigenvalue weighted by atomic mass is 16.5. The number of ether oxygens (including phenoxy) is 1. The summed E-state index contributed by atoms with van der Waals surface area (Å²) in [5.74, 6) is 2.35. The normalized spacial score (nSPS) is 11.2. The van der Waals surface area contributed by atoms with Crippen molar-refractivity contribution in [3.8, 4) is 23.1 Å². The van der Waals surface area contributed by atoms with Crippen molar-refractivity contribution in [3.05, 3.63) is 49.3 Å². The van der Waals surface area contributed by atoms with Crippen molar-refractivity contribution >= 4 is 22.7 Å². The van der Waals surface area contributed by atoms with Gasteiger partial charge < -0.3 is 14.6 Å². The average molecular weight is 402 g/mol. The van der Waals surface area contributed by atoms with Crippen LogP contribution in [0.4, 0.5) is 11.6 Å². The Morgan fingerprint density at radius 3 is 2.77 bits per heavy atom. The van der Waals surface area contributed by atoms with Crippen molar-refractivity contribution in [2.24, 2.45) is 14.1 Å². The van der Waals surface area contributed by atoms with E-state index in [1.54, 1.807) is 47.5 Å². The fourth-order valence-corrected chi connectivity index (χ4v) is 3.18. The zero-order valence-electron chi connectivity index (χ0n) is 16.6. The van der Waals surface area contributed by atoms with E-state index in [0.29, 0.717) is 23.2 Å². The highest BCUT2D eigenvalue weighted by Crippen LogP contribution is 2.27. The van der Waals surface area contributed by atoms with Gasteiger partial charge in [-0.2, -0.15) is 15.2 Å². The molecule has 0 amide bonds. The lowest BCUT2D eigenvalue weighted by Crippen LogP contribution is -2.03. The second-order valence-corrected chi connectivity index (χ2v) is 6.59. The Labute approximate surface area is 171 Å². The maximum atomic E-state index is 5.18. The topological polar surface area (TPSA) is 113 Å². The van der Waals surface area contributed by atoms with E-state index in [9.17, 15) is 0 Å². The molecular weight excluding hydrogens is 384 g/mol. The molecule has 1 N–H and O–H groups in total. The van der Waals surface area contributed by atoms with Gasteiger partial charge in [-0.1, -0.05) is 0 Å². The second kappa shape index (κ2) is 6.95. The van der Waals surface area contributed by atoms with E-state index in [0.717, 1.165) is 22.5 Å². The number of pyridine rings is 1. The summed E-state index contributed by atoms with van der Waals surface area (Å²) in [6.45, 7) is 0. The molecule has 0 unspecified atom stereocenters. The number of nitrogens with zero attached hydrogens (tertiary/aromatic N) is 9. The Morgan fingerprint density at radius 1 is 1.07 bits per heavy atom. The van der Waals surface area contributed by atoms with Crippen molar-refractivity contribution < 1.29 is 4.74 Å². The summed E-state index contributed by atoms with van der Waals surface area (Å²) in [7, 11) is 5.26. The van der Waals surface area contributed by atoms with Gasteiger partial charge in [-0.25, -0.2) is 15.0 Å². The zero-order chi connectivity index (χ0) is 20.7. The lowest BCUT2D eigenvalue weighted by Gasteiger charge is -2.10. The molecule has 0 aromatic carbocycles. The van der Waals surface area contributed by atoms with Crippen LogP contribution in [-0.4, -0.2) is 51.2 Å². The van der Waals surface area contributed by atoms with Crippen molar-refractivity contribution in [1.29, 1.82) is 0 Å². The van der Waals surface area contributed by atoms with Gasteiger partial charge in [-0.05, 0) is 0 Å². The van der Waals surface area contributed by atoms with Crippen LogP contribution in [0.1, 0.15) is 0 Å². The average Bonchev–Trinajstić information content (AvgIpc) is 3.50. The number of nitrogens with one attached hydrogen (secondary N) is 1. The monoisotopic (exact) mass is 402 g/mol. The number of aromatic nitrogens is 9. The van der Waals surface area contributed by atoms with Gasteiger partial charge in [0.15, 0.2) is 11.5 Å². The number of methoxy groups -OCH3 is 1. The van der Waals surface area contributed by atoms with E-state index in [4.69, 9.17) is 9.72 Å². The molecule has 0 aliphatic rings. The molecule has 11 heteroatoms. The van der Waals surface area contributed by atoms with Crippen LogP contribution in [0, 0.1) is 0 Å². The Hall–Kier alpha value is -4.28. The van der Waals surface area contributed by atoms with Gasteiger partial charge >= 0.3 is 0 Å². The van der Waals surface area contributed by atoms with Crippen molar-refractivity contribution in [1.82, 2.24) is 44.1 Å². The molecular formula is C19H18N10O. The third kappa shape index (κ3) is 3.02. The minimum Gasteiger partial charge on any atom is -0.481 e. The summed E-state index contributed by atoms with van der Waals surface area (Å²) < 4.78 is 10.5. The van der Waals surface area contributed by atoms with Crippen LogP contribution < -0.4 is 10.1 Å². The first kappa shape index (κ1) is 17.8. The molecule has 0 saturated heterocycles. The van der Waals surface area contributed by atoms with E-state index < -0.39 is 0 Å². The first-order chi connectivity index (χ1) is 14.6. The van der Waals surface area contributed by atoms with E-state index in [1.807, 2.05) is 37.0 Å². The summed E-state index contributed by atoms with van der Waals surface area (Å²) in [6.07, 6.45) is 8.79. The molecule has 0 fully saturated rings. The molecule has 30 heavy (non-hydrogen) atoms. The molecule has 5 heterocycles. The fourth-order valence-electron chi connectivity index (χ4n) is 3.18. The van der Waals surface area contributed by atoms with Gasteiger partial charge in [0.25, 0.3) is 0 Å². The van der Waals surface area contributed by atoms with Gasteiger partial charge in [0, 0.05) is 50.9 Å². The first-order valence-corrected chi connectivity index (χ1v) is 9.12. The van der Waals surface area contributed by atoms with Crippen LogP contribution in [-0.2, 0) is 14.1 Å². The Morgan fingerprint density at radius 2 is 1.97 bits per heavy atom. The van der Waals surface area contributed by atoms with Crippen LogP contribution in [0.15, 0.2) is 49.3 Å². The van der Waals surface area contributed by atoms with E-state index >= 15 is 0 Å². The molecule has 0 saturated carbocycles. The molecule has 0 radical (unpaired) electrons. The van der Waals surface area contributed by atoms with Crippen LogP contribution in [0.25, 0.3) is 28.2 Å². The first-order valence-electron chi connectivity index (χ1n) is 9.12. The number of fused-ring (bicyclic) bond motifs is 1. The molecule has 0 atom stereocenters. The molecule has 5 rings (SSSR count). The standard InChI is InChI=1S/C19H18N10O/c1-27-16(8-13(26-27)18-21-5-4-17(25-18)30-3)23-15-9-14(29-7-6-20-11-29)12-10-22-28(2)19(12)24-15/h4-11H,1-3H3,(H,23,24). The van der Waals surface area contributed by atoms with Gasteiger partial charge in [0.05, 0.1) is 30.7 Å². The Balaban J connectivity index is 1.55. The van der Waals surface area contributed by atoms with E-state index in [1.165, 1.54) is 0 Å². The van der Waals surface area contributed by atoms with E-state index in [-0.39, 0.29) is 0 Å². The molecule has 0 aliphatic heterocycles. The number of aryl methyl sites for hydroxylation is 2. The third-order valence-corrected chi connectivity index (χ3v) is 4.67. The molecule has 0 bridgehead atoms. The summed E-state index contributed by atoms with van der Waals surface area (Å²) in [4.78, 5) is 17.5. The highest BCUT2D eigenvalue weighted by molar-refractivity contribution is 5.87. The lowest BCUT2D eigenvalue weighted by molar-refractivity contribution is 0.397. The Bertz CT molecular complexity index is 1340. The molecule has 150 valence electrons. The predicted molar refractivity (Wildman–Crippen MR) is 110 cm³/mol. The fraction of sp³-hybridized carbons (Fsp3) is 0.158. The maximum absolute atomic E-state index is 5.18. The minimum absolute atomic E-state index is 0.479. The Kier molecular flexibility index (Phi) is 4.12. The minimum atomic E-state index is 0.479. The zero-order valence-corrected chi connectivity index (χ0v) is 16.6. The molecule has 0 aliphatic carbocycles. The summed E-state index contributed by atoms with van der Waals surface area (Å²) >= 11 is 0. The van der Waals surface area contributed by atoms with Gasteiger partial charge in [-0.3, -0.25) is 9.36 Å². The second-order valence-electron chi connectivity index (χ2n) is 6.59. The van der Waals surface area contributed by atoms with Crippen molar-refractivity contribution in [2.45, 2.75) is 0 Å². The van der Waals surface area contributed by atoms with Gasteiger partial charge in [0.1, 0.15) is 17.3 Å². The number of imidazole rings is 1. The van der Waals surface area contributed by atoms with Gasteiger partial charge in [0.2, 0.25) is 5.88 Å². The molecule has 5 aromatic heterocycles. The predicted octanol–water partition coefficient (Wildman–Crippen LogP) is 2.10. The number of anilines is 2.